The summed E-state index contributed by atoms with van der Waals surface area (Å²) in [6.45, 7) is 3.78. The molecule has 1 aliphatic heterocycles. The number of hydrogen-bond donors (Lipinski definition) is 1. The lowest BCUT2D eigenvalue weighted by molar-refractivity contribution is -0.385. The van der Waals surface area contributed by atoms with Crippen LogP contribution in [0, 0.1) is 17.0 Å². The SMILES string of the molecule is COc1ccc2c(c1)OC(CNCCCOc1ccc(C)c([N+](=O)[O-])c1)CC2. The molecule has 2 aromatic carbocycles. The van der Waals surface area contributed by atoms with Crippen LogP contribution in [0.5, 0.6) is 17.2 Å². The maximum atomic E-state index is 11.0. The number of nitro benzene ring substituents is 1. The van der Waals surface area contributed by atoms with Crippen molar-refractivity contribution in [3.63, 3.8) is 0 Å². The number of nitrogens with one attached hydrogen (secondary N) is 1. The topological polar surface area (TPSA) is 82.9 Å². The molecule has 7 heteroatoms. The third kappa shape index (κ3) is 5.13. The second-order valence-electron chi connectivity index (χ2n) is 6.86. The van der Waals surface area contributed by atoms with Crippen LogP contribution in [0.1, 0.15) is 24.0 Å². The first-order chi connectivity index (χ1) is 13.6. The van der Waals surface area contributed by atoms with Gasteiger partial charge in [0.15, 0.2) is 0 Å². The zero-order valence-electron chi connectivity index (χ0n) is 16.3. The maximum Gasteiger partial charge on any atom is 0.275 e. The lowest BCUT2D eigenvalue weighted by atomic mass is 10.0. The highest BCUT2D eigenvalue weighted by molar-refractivity contribution is 5.45. The van der Waals surface area contributed by atoms with Gasteiger partial charge in [-0.25, -0.2) is 0 Å². The molecule has 1 atom stereocenters. The minimum absolute atomic E-state index is 0.0852. The van der Waals surface area contributed by atoms with Crippen LogP contribution in [-0.4, -0.2) is 37.8 Å². The van der Waals surface area contributed by atoms with Crippen LogP contribution in [-0.2, 0) is 6.42 Å². The van der Waals surface area contributed by atoms with Crippen molar-refractivity contribution < 1.29 is 19.1 Å². The summed E-state index contributed by atoms with van der Waals surface area (Å²) >= 11 is 0. The molecule has 2 aromatic rings. The van der Waals surface area contributed by atoms with Crippen LogP contribution in [0.15, 0.2) is 36.4 Å². The first kappa shape index (κ1) is 19.9. The van der Waals surface area contributed by atoms with Crippen molar-refractivity contribution in [3.8, 4) is 17.2 Å². The molecule has 7 nitrogen and oxygen atoms in total. The molecule has 1 unspecified atom stereocenters. The molecule has 1 aliphatic rings. The van der Waals surface area contributed by atoms with Gasteiger partial charge in [-0.2, -0.15) is 0 Å². The summed E-state index contributed by atoms with van der Waals surface area (Å²) in [7, 11) is 1.65. The van der Waals surface area contributed by atoms with Crippen molar-refractivity contribution in [3.05, 3.63) is 57.6 Å². The Bertz CT molecular complexity index is 824. The molecule has 28 heavy (non-hydrogen) atoms. The summed E-state index contributed by atoms with van der Waals surface area (Å²) in [5.74, 6) is 2.24. The van der Waals surface area contributed by atoms with Gasteiger partial charge in [-0.15, -0.1) is 0 Å². The maximum absolute atomic E-state index is 11.0. The molecular weight excluding hydrogens is 360 g/mol. The highest BCUT2D eigenvalue weighted by Crippen LogP contribution is 2.31. The number of benzene rings is 2. The average molecular weight is 386 g/mol. The van der Waals surface area contributed by atoms with E-state index in [4.69, 9.17) is 14.2 Å². The van der Waals surface area contributed by atoms with E-state index in [-0.39, 0.29) is 16.7 Å². The molecule has 0 saturated carbocycles. The van der Waals surface area contributed by atoms with E-state index in [0.29, 0.717) is 17.9 Å². The third-order valence-corrected chi connectivity index (χ3v) is 4.82. The molecule has 0 fully saturated rings. The first-order valence-electron chi connectivity index (χ1n) is 9.49. The molecule has 0 aliphatic carbocycles. The summed E-state index contributed by atoms with van der Waals surface area (Å²) in [5.41, 5.74) is 1.94. The highest BCUT2D eigenvalue weighted by Gasteiger charge is 2.19. The molecule has 0 saturated heterocycles. The van der Waals surface area contributed by atoms with E-state index in [0.717, 1.165) is 43.9 Å². The number of aryl methyl sites for hydroxylation is 2. The van der Waals surface area contributed by atoms with Gasteiger partial charge in [0.2, 0.25) is 0 Å². The number of hydrogen-bond acceptors (Lipinski definition) is 6. The fourth-order valence-corrected chi connectivity index (χ4v) is 3.20. The van der Waals surface area contributed by atoms with Gasteiger partial charge >= 0.3 is 0 Å². The van der Waals surface area contributed by atoms with Crippen LogP contribution < -0.4 is 19.5 Å². The second-order valence-corrected chi connectivity index (χ2v) is 6.86. The Morgan fingerprint density at radius 2 is 2.07 bits per heavy atom. The Labute approximate surface area is 164 Å². The molecule has 0 aromatic heterocycles. The third-order valence-electron chi connectivity index (χ3n) is 4.82. The van der Waals surface area contributed by atoms with Gasteiger partial charge in [0.25, 0.3) is 5.69 Å². The van der Waals surface area contributed by atoms with Crippen molar-refractivity contribution in [2.75, 3.05) is 26.8 Å². The normalized spacial score (nSPS) is 15.4. The minimum Gasteiger partial charge on any atom is -0.497 e. The smallest absolute Gasteiger partial charge is 0.275 e. The Morgan fingerprint density at radius 1 is 1.25 bits per heavy atom. The molecule has 1 N–H and O–H groups in total. The van der Waals surface area contributed by atoms with E-state index < -0.39 is 0 Å². The van der Waals surface area contributed by atoms with Crippen LogP contribution in [0.25, 0.3) is 0 Å². The fourth-order valence-electron chi connectivity index (χ4n) is 3.20. The van der Waals surface area contributed by atoms with Crippen molar-refractivity contribution in [2.24, 2.45) is 0 Å². The van der Waals surface area contributed by atoms with Gasteiger partial charge in [-0.1, -0.05) is 6.07 Å². The second kappa shape index (κ2) is 9.41. The summed E-state index contributed by atoms with van der Waals surface area (Å²) in [6, 6.07) is 10.9. The van der Waals surface area contributed by atoms with Crippen LogP contribution >= 0.6 is 0 Å². The summed E-state index contributed by atoms with van der Waals surface area (Å²) in [5, 5.41) is 14.4. The Morgan fingerprint density at radius 3 is 2.86 bits per heavy atom. The molecule has 0 radical (unpaired) electrons. The number of methoxy groups -OCH3 is 1. The van der Waals surface area contributed by atoms with E-state index in [9.17, 15) is 10.1 Å². The monoisotopic (exact) mass is 386 g/mol. The van der Waals surface area contributed by atoms with E-state index in [1.807, 2.05) is 12.1 Å². The van der Waals surface area contributed by atoms with Gasteiger partial charge in [0, 0.05) is 18.2 Å². The number of ether oxygens (including phenoxy) is 3. The zero-order chi connectivity index (χ0) is 19.9. The first-order valence-corrected chi connectivity index (χ1v) is 9.49. The molecule has 0 amide bonds. The fraction of sp³-hybridized carbons (Fsp3) is 0.429. The van der Waals surface area contributed by atoms with Gasteiger partial charge in [0.05, 0.1) is 24.7 Å². The van der Waals surface area contributed by atoms with Gasteiger partial charge in [0.1, 0.15) is 23.4 Å². The van der Waals surface area contributed by atoms with Crippen LogP contribution in [0.2, 0.25) is 0 Å². The number of rotatable bonds is 9. The Balaban J connectivity index is 1.36. The minimum atomic E-state index is -0.387. The molecule has 150 valence electrons. The van der Waals surface area contributed by atoms with E-state index in [1.54, 1.807) is 26.2 Å². The predicted molar refractivity (Wildman–Crippen MR) is 107 cm³/mol. The summed E-state index contributed by atoms with van der Waals surface area (Å²) in [6.07, 6.45) is 2.93. The number of nitrogens with zero attached hydrogens (tertiary/aromatic N) is 1. The number of nitro groups is 1. The molecule has 3 rings (SSSR count). The van der Waals surface area contributed by atoms with Crippen LogP contribution in [0.3, 0.4) is 0 Å². The predicted octanol–water partition coefficient (Wildman–Crippen LogP) is 3.66. The highest BCUT2D eigenvalue weighted by atomic mass is 16.6. The molecule has 0 spiro atoms. The van der Waals surface area contributed by atoms with Gasteiger partial charge in [-0.05, 0) is 56.5 Å². The molecule has 0 bridgehead atoms. The quantitative estimate of drug-likeness (QED) is 0.402. The van der Waals surface area contributed by atoms with Gasteiger partial charge < -0.3 is 19.5 Å². The zero-order valence-corrected chi connectivity index (χ0v) is 16.3. The lowest BCUT2D eigenvalue weighted by Gasteiger charge is -2.26. The van der Waals surface area contributed by atoms with Crippen molar-refractivity contribution >= 4 is 5.69 Å². The largest absolute Gasteiger partial charge is 0.497 e. The van der Waals surface area contributed by atoms with Crippen LogP contribution in [0.4, 0.5) is 5.69 Å². The standard InChI is InChI=1S/C21H26N2O5/c1-15-4-7-18(12-20(15)23(24)25)27-11-3-10-22-14-19-9-6-16-5-8-17(26-2)13-21(16)28-19/h4-5,7-8,12-13,19,22H,3,6,9-11,14H2,1-2H3. The lowest BCUT2D eigenvalue weighted by Crippen LogP contribution is -2.35. The van der Waals surface area contributed by atoms with E-state index in [2.05, 4.69) is 11.4 Å². The van der Waals surface area contributed by atoms with E-state index >= 15 is 0 Å². The van der Waals surface area contributed by atoms with Crippen molar-refractivity contribution in [1.29, 1.82) is 0 Å². The Kier molecular flexibility index (Phi) is 6.71. The number of fused-ring (bicyclic) bond motifs is 1. The molecule has 1 heterocycles. The van der Waals surface area contributed by atoms with Crippen molar-refractivity contribution in [1.82, 2.24) is 5.32 Å². The summed E-state index contributed by atoms with van der Waals surface area (Å²) < 4.78 is 16.9. The van der Waals surface area contributed by atoms with E-state index in [1.165, 1.54) is 11.6 Å². The average Bonchev–Trinajstić information content (AvgIpc) is 2.70. The van der Waals surface area contributed by atoms with Crippen molar-refractivity contribution in [2.45, 2.75) is 32.3 Å². The Hall–Kier alpha value is -2.80. The summed E-state index contributed by atoms with van der Waals surface area (Å²) in [4.78, 5) is 10.6. The van der Waals surface area contributed by atoms with Gasteiger partial charge in [-0.3, -0.25) is 10.1 Å². The molecular formula is C21H26N2O5.